The summed E-state index contributed by atoms with van der Waals surface area (Å²) >= 11 is 0. The SMILES string of the molecule is C.CC(C)(C)N([SiH3])[SiH2]N([SiH3])C(C)(C)C.CC(C)N([SiH3])[SiH2]N([SiH3])C(C)C.CN(C)N(C)[SiH3].[SiH3]N([SiH2]N([SiH3])C1CCCCC1)C1CCCCC1.[SiH3]N1CCN([SiH3])CC1. The summed E-state index contributed by atoms with van der Waals surface area (Å²) in [4.78, 5) is 0. The molecular weight excluding hydrogens is 885 g/mol. The Hall–Kier alpha value is 2.20. The fourth-order valence-electron chi connectivity index (χ4n) is 5.95. The van der Waals surface area contributed by atoms with Crippen molar-refractivity contribution in [3.8, 4) is 0 Å². The van der Waals surface area contributed by atoms with Crippen LogP contribution in [-0.2, 0) is 0 Å². The summed E-state index contributed by atoms with van der Waals surface area (Å²) in [5.41, 5.74) is 0.790. The van der Waals surface area contributed by atoms with Gasteiger partial charge in [0.05, 0.1) is 93.6 Å². The van der Waals surface area contributed by atoms with Gasteiger partial charge in [0.2, 0.25) is 0 Å². The maximum Gasteiger partial charge on any atom is 0.159 e. The Morgan fingerprint density at radius 1 is 0.500 bits per heavy atom. The van der Waals surface area contributed by atoms with Gasteiger partial charge in [0.15, 0.2) is 29.5 Å². The molecule has 10 nitrogen and oxygen atoms in total. The smallest absolute Gasteiger partial charge is 0.159 e. The Balaban J connectivity index is -0.000000652. The molecule has 3 aliphatic rings. The molecule has 22 heteroatoms. The second-order valence-electron chi connectivity index (χ2n) is 20.3. The van der Waals surface area contributed by atoms with Gasteiger partial charge in [-0.05, 0) is 110 Å². The molecule has 3 fully saturated rings. The Kier molecular flexibility index (Phi) is 37.6. The predicted molar refractivity (Wildman–Crippen MR) is 301 cm³/mol. The van der Waals surface area contributed by atoms with Crippen molar-refractivity contribution in [1.29, 1.82) is 0 Å². The molecule has 56 heavy (non-hydrogen) atoms. The zero-order chi connectivity index (χ0) is 43.1. The van der Waals surface area contributed by atoms with E-state index in [0.717, 1.165) is 34.6 Å². The minimum absolute atomic E-state index is 0. The van der Waals surface area contributed by atoms with E-state index in [-0.39, 0.29) is 37.0 Å². The van der Waals surface area contributed by atoms with E-state index >= 15 is 0 Å². The molecule has 0 amide bonds. The van der Waals surface area contributed by atoms with Crippen LogP contribution in [0.2, 0.25) is 0 Å². The van der Waals surface area contributed by atoms with Crippen LogP contribution in [0, 0.1) is 0 Å². The molecule has 0 aromatic rings. The van der Waals surface area contributed by atoms with Crippen LogP contribution in [-0.4, -0.2) is 250 Å². The first-order valence-electron chi connectivity index (χ1n) is 22.2. The van der Waals surface area contributed by atoms with E-state index in [9.17, 15) is 0 Å². The van der Waals surface area contributed by atoms with Crippen molar-refractivity contribution >= 4 is 123 Å². The summed E-state index contributed by atoms with van der Waals surface area (Å²) < 4.78 is 23.7. The van der Waals surface area contributed by atoms with E-state index in [2.05, 4.69) is 120 Å². The number of hydrogen-bond acceptors (Lipinski definition) is 10. The second kappa shape index (κ2) is 33.7. The van der Waals surface area contributed by atoms with E-state index in [1.165, 1.54) is 174 Å². The minimum Gasteiger partial charge on any atom is -0.344 e. The van der Waals surface area contributed by atoms with Crippen LogP contribution in [0.1, 0.15) is 141 Å². The number of nitrogens with zero attached hydrogens (tertiary/aromatic N) is 10. The molecule has 0 bridgehead atoms. The highest BCUT2D eigenvalue weighted by atomic mass is 28.3. The second-order valence-corrected chi connectivity index (χ2v) is 45.2. The molecule has 0 atom stereocenters. The van der Waals surface area contributed by atoms with Crippen molar-refractivity contribution in [3.05, 3.63) is 0 Å². The van der Waals surface area contributed by atoms with Gasteiger partial charge in [-0.3, -0.25) is 9.68 Å². The maximum absolute atomic E-state index is 2.92. The zero-order valence-electron chi connectivity index (χ0n) is 41.8. The number of hydrazine groups is 1. The molecule has 0 unspecified atom stereocenters. The molecule has 1 aliphatic heterocycles. The van der Waals surface area contributed by atoms with Crippen LogP contribution < -0.4 is 0 Å². The molecule has 2 saturated carbocycles. The first-order chi connectivity index (χ1) is 25.2. The molecule has 0 radical (unpaired) electrons. The first-order valence-corrected chi connectivity index (χ1v) is 34.0. The highest BCUT2D eigenvalue weighted by Crippen LogP contribution is 2.24. The molecule has 0 spiro atoms. The fourth-order valence-corrected chi connectivity index (χ4v) is 25.5. The largest absolute Gasteiger partial charge is 0.344 e. The van der Waals surface area contributed by atoms with Crippen LogP contribution in [0.5, 0.6) is 0 Å². The molecule has 0 aromatic heterocycles. The maximum atomic E-state index is 2.92. The monoisotopic (exact) mass is 993 g/mol. The van der Waals surface area contributed by atoms with Gasteiger partial charge in [-0.15, -0.1) is 0 Å². The van der Waals surface area contributed by atoms with E-state index in [1.807, 2.05) is 14.1 Å². The van der Waals surface area contributed by atoms with Gasteiger partial charge in [-0.1, -0.05) is 73.6 Å². The van der Waals surface area contributed by atoms with E-state index in [1.54, 1.807) is 0 Å². The number of hydrogen-bond donors (Lipinski definition) is 0. The van der Waals surface area contributed by atoms with Crippen molar-refractivity contribution in [1.82, 2.24) is 44.2 Å². The Morgan fingerprint density at radius 3 is 0.982 bits per heavy atom. The topological polar surface area (TPSA) is 32.4 Å². The third-order valence-corrected chi connectivity index (χ3v) is 33.2. The third kappa shape index (κ3) is 32.9. The lowest BCUT2D eigenvalue weighted by Gasteiger charge is -2.41. The summed E-state index contributed by atoms with van der Waals surface area (Å²) in [7, 11) is 17.1. The van der Waals surface area contributed by atoms with Crippen LogP contribution in [0.15, 0.2) is 0 Å². The average molecular weight is 994 g/mol. The van der Waals surface area contributed by atoms with E-state index < -0.39 is 0 Å². The molecule has 3 rings (SSSR count). The summed E-state index contributed by atoms with van der Waals surface area (Å²) in [5.74, 6) is 0. The lowest BCUT2D eigenvalue weighted by molar-refractivity contribution is 0.166. The van der Waals surface area contributed by atoms with Gasteiger partial charge in [-0.25, -0.2) is 0 Å². The van der Waals surface area contributed by atoms with Crippen molar-refractivity contribution in [2.24, 2.45) is 0 Å². The van der Waals surface area contributed by atoms with Crippen LogP contribution in [0.4, 0.5) is 0 Å². The van der Waals surface area contributed by atoms with Gasteiger partial charge in [0.1, 0.15) is 0 Å². The first kappa shape index (κ1) is 62.5. The Bertz CT molecular complexity index is 834. The van der Waals surface area contributed by atoms with Gasteiger partial charge in [-0.2, -0.15) is 0 Å². The Labute approximate surface area is 388 Å². The third-order valence-electron chi connectivity index (χ3n) is 12.3. The normalized spacial score (nSPS) is 19.3. The van der Waals surface area contributed by atoms with Gasteiger partial charge in [0, 0.05) is 40.3 Å². The quantitative estimate of drug-likeness (QED) is 0.148. The highest BCUT2D eigenvalue weighted by molar-refractivity contribution is 6.47. The average Bonchev–Trinajstić information content (AvgIpc) is 3.10. The van der Waals surface area contributed by atoms with Gasteiger partial charge in [0.25, 0.3) is 0 Å². The van der Waals surface area contributed by atoms with E-state index in [4.69, 9.17) is 0 Å². The lowest BCUT2D eigenvalue weighted by Crippen LogP contribution is -2.53. The molecule has 0 aromatic carbocycles. The number of piperazine rings is 1. The van der Waals surface area contributed by atoms with Crippen molar-refractivity contribution in [2.45, 2.75) is 176 Å². The zero-order valence-corrected chi connectivity index (χ0v) is 64.0. The molecule has 342 valence electrons. The highest BCUT2D eigenvalue weighted by Gasteiger charge is 2.24. The van der Waals surface area contributed by atoms with Crippen molar-refractivity contribution < 1.29 is 0 Å². The minimum atomic E-state index is -0.158. The number of rotatable bonds is 11. The summed E-state index contributed by atoms with van der Waals surface area (Å²) in [6.45, 7) is 28.5. The summed E-state index contributed by atoms with van der Waals surface area (Å²) in [5, 5.41) is 2.06. The molecule has 1 heterocycles. The molecular formula is C34H108N10Si12. The van der Waals surface area contributed by atoms with Crippen molar-refractivity contribution in [2.75, 3.05) is 47.3 Å². The fraction of sp³-hybridized carbons (Fsp3) is 1.00. The van der Waals surface area contributed by atoms with Crippen molar-refractivity contribution in [3.63, 3.8) is 0 Å². The van der Waals surface area contributed by atoms with Gasteiger partial charge < -0.3 is 34.5 Å². The summed E-state index contributed by atoms with van der Waals surface area (Å²) in [6.07, 6.45) is 15.1. The molecule has 1 saturated heterocycles. The van der Waals surface area contributed by atoms with Crippen LogP contribution >= 0.6 is 0 Å². The van der Waals surface area contributed by atoms with Crippen LogP contribution in [0.25, 0.3) is 0 Å². The Morgan fingerprint density at radius 2 is 0.768 bits per heavy atom. The lowest BCUT2D eigenvalue weighted by atomic mass is 9.96. The van der Waals surface area contributed by atoms with E-state index in [0.29, 0.717) is 11.1 Å². The molecule has 0 N–H and O–H groups in total. The molecule has 2 aliphatic carbocycles. The predicted octanol–water partition coefficient (Wildman–Crippen LogP) is -6.99. The standard InChI is InChI=1S/C12H30N2Si3.C8H26N2Si3.C6H22N2Si3.C4H14N2Si2.C3H12N2Si.CH4/c15-13(11-7-3-1-4-8-11)17-14(16)12-9-5-2-6-10-12;1-7(2,3)9(11)13-10(12)8(4,5)6;1-5(2)7(9)11-8(10)6(3)4;7-5-1-2-6(8)4-3-5;1-4(2)5(3)6;/h11-12H,1-10,17H2,15-16H3;13H2,1-6,11-12H3;5-6H,11H2,1-4,9-10H3;1-4H2,7-8H3;1-3,6H3;1H4. The van der Waals surface area contributed by atoms with Gasteiger partial charge >= 0.3 is 0 Å². The van der Waals surface area contributed by atoms with Crippen LogP contribution in [0.3, 0.4) is 0 Å². The summed E-state index contributed by atoms with van der Waals surface area (Å²) in [6, 6.07) is 3.57.